The fraction of sp³-hybridized carbons (Fsp3) is 0.632. The van der Waals surface area contributed by atoms with Crippen LogP contribution in [-0.2, 0) is 10.0 Å². The van der Waals surface area contributed by atoms with Gasteiger partial charge in [-0.3, -0.25) is 4.79 Å². The van der Waals surface area contributed by atoms with E-state index in [0.29, 0.717) is 24.6 Å². The number of nitrogens with one attached hydrogen (secondary N) is 2. The topological polar surface area (TPSA) is 78.5 Å². The molecule has 2 aliphatic heterocycles. The lowest BCUT2D eigenvalue weighted by Gasteiger charge is -2.30. The van der Waals surface area contributed by atoms with Gasteiger partial charge < -0.3 is 10.6 Å². The summed E-state index contributed by atoms with van der Waals surface area (Å²) in [6, 6.07) is 6.50. The summed E-state index contributed by atoms with van der Waals surface area (Å²) < 4.78 is 27.4. The third kappa shape index (κ3) is 5.44. The Kier molecular flexibility index (Phi) is 8.09. The maximum Gasteiger partial charge on any atom is 0.251 e. The third-order valence-corrected chi connectivity index (χ3v) is 7.34. The maximum absolute atomic E-state index is 12.9. The zero-order chi connectivity index (χ0) is 18.6. The lowest BCUT2D eigenvalue weighted by Crippen LogP contribution is -2.50. The van der Waals surface area contributed by atoms with E-state index in [1.807, 2.05) is 0 Å². The van der Waals surface area contributed by atoms with Gasteiger partial charge in [0.2, 0.25) is 10.0 Å². The lowest BCUT2D eigenvalue weighted by atomic mass is 9.94. The van der Waals surface area contributed by atoms with Crippen LogP contribution in [0.15, 0.2) is 29.2 Å². The third-order valence-electron chi connectivity index (χ3n) is 5.44. The standard InChI is InChI=1S/C19H29N3O3S.ClH/c1-15-9-10-20-14-18(15)21-19(23)16-7-6-8-17(13-16)26(24,25)22-11-4-2-3-5-12-22;/h6-8,13,15,18,20H,2-5,9-12,14H2,1H3,(H,21,23);1H. The van der Waals surface area contributed by atoms with Crippen molar-refractivity contribution in [3.8, 4) is 0 Å². The predicted molar refractivity (Wildman–Crippen MR) is 109 cm³/mol. The average Bonchev–Trinajstić information content (AvgIpc) is 2.94. The van der Waals surface area contributed by atoms with Gasteiger partial charge in [0, 0.05) is 31.2 Å². The summed E-state index contributed by atoms with van der Waals surface area (Å²) in [5, 5.41) is 6.33. The Labute approximate surface area is 168 Å². The number of rotatable bonds is 4. The Morgan fingerprint density at radius 3 is 2.56 bits per heavy atom. The smallest absolute Gasteiger partial charge is 0.251 e. The quantitative estimate of drug-likeness (QED) is 0.791. The van der Waals surface area contributed by atoms with Crippen molar-refractivity contribution in [3.63, 3.8) is 0 Å². The van der Waals surface area contributed by atoms with E-state index in [9.17, 15) is 13.2 Å². The molecule has 3 rings (SSSR count). The van der Waals surface area contributed by atoms with E-state index >= 15 is 0 Å². The molecule has 152 valence electrons. The number of carbonyl (C=O) groups is 1. The molecule has 0 bridgehead atoms. The number of piperidine rings is 1. The van der Waals surface area contributed by atoms with Gasteiger partial charge in [-0.05, 0) is 49.9 Å². The molecular formula is C19H30ClN3O3S. The zero-order valence-electron chi connectivity index (χ0n) is 15.8. The van der Waals surface area contributed by atoms with Crippen molar-refractivity contribution in [1.29, 1.82) is 0 Å². The first-order valence-corrected chi connectivity index (χ1v) is 11.0. The predicted octanol–water partition coefficient (Wildman–Crippen LogP) is 2.40. The molecule has 2 aliphatic rings. The van der Waals surface area contributed by atoms with Gasteiger partial charge in [0.05, 0.1) is 4.90 Å². The Balaban J connectivity index is 0.00000261. The van der Waals surface area contributed by atoms with Gasteiger partial charge in [-0.2, -0.15) is 4.31 Å². The van der Waals surface area contributed by atoms with Gasteiger partial charge in [-0.25, -0.2) is 8.42 Å². The molecule has 1 aromatic carbocycles. The molecule has 0 aromatic heterocycles. The number of carbonyl (C=O) groups excluding carboxylic acids is 1. The van der Waals surface area contributed by atoms with Crippen molar-refractivity contribution in [3.05, 3.63) is 29.8 Å². The highest BCUT2D eigenvalue weighted by Crippen LogP contribution is 2.21. The number of benzene rings is 1. The number of halogens is 1. The summed E-state index contributed by atoms with van der Waals surface area (Å²) in [5.74, 6) is 0.197. The molecule has 1 aromatic rings. The Morgan fingerprint density at radius 2 is 1.89 bits per heavy atom. The van der Waals surface area contributed by atoms with Crippen LogP contribution < -0.4 is 10.6 Å². The molecule has 8 heteroatoms. The number of amides is 1. The molecule has 2 fully saturated rings. The molecule has 0 radical (unpaired) electrons. The molecule has 2 heterocycles. The van der Waals surface area contributed by atoms with E-state index in [1.54, 1.807) is 22.5 Å². The van der Waals surface area contributed by atoms with E-state index in [4.69, 9.17) is 0 Å². The van der Waals surface area contributed by atoms with Gasteiger partial charge in [-0.1, -0.05) is 25.8 Å². The van der Waals surface area contributed by atoms with Crippen molar-refractivity contribution in [2.24, 2.45) is 5.92 Å². The van der Waals surface area contributed by atoms with Crippen molar-refractivity contribution in [2.45, 2.75) is 50.0 Å². The van der Waals surface area contributed by atoms with Gasteiger partial charge in [0.1, 0.15) is 0 Å². The van der Waals surface area contributed by atoms with E-state index in [1.165, 1.54) is 6.07 Å². The molecule has 6 nitrogen and oxygen atoms in total. The van der Waals surface area contributed by atoms with E-state index < -0.39 is 10.0 Å². The first kappa shape index (κ1) is 22.1. The van der Waals surface area contributed by atoms with Crippen molar-refractivity contribution in [2.75, 3.05) is 26.2 Å². The summed E-state index contributed by atoms with van der Waals surface area (Å²) >= 11 is 0. The fourth-order valence-corrected chi connectivity index (χ4v) is 5.23. The van der Waals surface area contributed by atoms with Crippen LogP contribution >= 0.6 is 12.4 Å². The Hall–Kier alpha value is -1.15. The molecule has 1 amide bonds. The monoisotopic (exact) mass is 415 g/mol. The summed E-state index contributed by atoms with van der Waals surface area (Å²) in [5.41, 5.74) is 0.402. The number of nitrogens with zero attached hydrogens (tertiary/aromatic N) is 1. The molecule has 0 aliphatic carbocycles. The SMILES string of the molecule is CC1CCNCC1NC(=O)c1cccc(S(=O)(=O)N2CCCCCC2)c1.Cl. The highest BCUT2D eigenvalue weighted by atomic mass is 35.5. The van der Waals surface area contributed by atoms with Crippen LogP contribution in [0.1, 0.15) is 49.4 Å². The van der Waals surface area contributed by atoms with Crippen LogP contribution in [0.4, 0.5) is 0 Å². The average molecular weight is 416 g/mol. The van der Waals surface area contributed by atoms with Crippen molar-refractivity contribution >= 4 is 28.3 Å². The Bertz CT molecular complexity index is 733. The molecule has 2 saturated heterocycles. The molecule has 0 saturated carbocycles. The van der Waals surface area contributed by atoms with E-state index in [-0.39, 0.29) is 29.3 Å². The minimum Gasteiger partial charge on any atom is -0.348 e. The van der Waals surface area contributed by atoms with Crippen molar-refractivity contribution < 1.29 is 13.2 Å². The lowest BCUT2D eigenvalue weighted by molar-refractivity contribution is 0.0915. The van der Waals surface area contributed by atoms with Gasteiger partial charge >= 0.3 is 0 Å². The summed E-state index contributed by atoms with van der Waals surface area (Å²) in [6.45, 7) is 4.97. The largest absolute Gasteiger partial charge is 0.348 e. The van der Waals surface area contributed by atoms with E-state index in [2.05, 4.69) is 17.6 Å². The van der Waals surface area contributed by atoms with Crippen LogP contribution in [0, 0.1) is 5.92 Å². The summed E-state index contributed by atoms with van der Waals surface area (Å²) in [4.78, 5) is 12.8. The normalized spacial score (nSPS) is 24.5. The van der Waals surface area contributed by atoms with Crippen LogP contribution in [0.3, 0.4) is 0 Å². The van der Waals surface area contributed by atoms with Crippen molar-refractivity contribution in [1.82, 2.24) is 14.9 Å². The number of hydrogen-bond donors (Lipinski definition) is 2. The van der Waals surface area contributed by atoms with Gasteiger partial charge in [-0.15, -0.1) is 12.4 Å². The minimum atomic E-state index is -3.54. The fourth-order valence-electron chi connectivity index (χ4n) is 3.66. The highest BCUT2D eigenvalue weighted by Gasteiger charge is 2.27. The van der Waals surface area contributed by atoms with Crippen LogP contribution in [0.2, 0.25) is 0 Å². The van der Waals surface area contributed by atoms with Crippen LogP contribution in [0.5, 0.6) is 0 Å². The molecule has 2 N–H and O–H groups in total. The second kappa shape index (κ2) is 9.87. The first-order valence-electron chi connectivity index (χ1n) is 9.60. The van der Waals surface area contributed by atoms with Crippen LogP contribution in [-0.4, -0.2) is 50.9 Å². The second-order valence-corrected chi connectivity index (χ2v) is 9.33. The van der Waals surface area contributed by atoms with Gasteiger partial charge in [0.25, 0.3) is 5.91 Å². The highest BCUT2D eigenvalue weighted by molar-refractivity contribution is 7.89. The molecule has 2 atom stereocenters. The van der Waals surface area contributed by atoms with Gasteiger partial charge in [0.15, 0.2) is 0 Å². The zero-order valence-corrected chi connectivity index (χ0v) is 17.4. The molecule has 27 heavy (non-hydrogen) atoms. The first-order chi connectivity index (χ1) is 12.5. The van der Waals surface area contributed by atoms with Crippen LogP contribution in [0.25, 0.3) is 0 Å². The number of sulfonamides is 1. The maximum atomic E-state index is 12.9. The molecule has 0 spiro atoms. The summed E-state index contributed by atoms with van der Waals surface area (Å²) in [6.07, 6.45) is 4.95. The summed E-state index contributed by atoms with van der Waals surface area (Å²) in [7, 11) is -3.54. The number of hydrogen-bond acceptors (Lipinski definition) is 4. The second-order valence-electron chi connectivity index (χ2n) is 7.40. The molecular weight excluding hydrogens is 386 g/mol. The van der Waals surface area contributed by atoms with E-state index in [0.717, 1.165) is 45.2 Å². The minimum absolute atomic E-state index is 0. The molecule has 2 unspecified atom stereocenters. The Morgan fingerprint density at radius 1 is 1.19 bits per heavy atom.